The lowest BCUT2D eigenvalue weighted by Crippen LogP contribution is -2.31. The van der Waals surface area contributed by atoms with Crippen LogP contribution in [0.2, 0.25) is 0 Å². The lowest BCUT2D eigenvalue weighted by molar-refractivity contribution is -0.385. The van der Waals surface area contributed by atoms with E-state index in [1.165, 1.54) is 34.8 Å². The second-order valence-electron chi connectivity index (χ2n) is 5.75. The van der Waals surface area contributed by atoms with Gasteiger partial charge in [0.25, 0.3) is 11.4 Å². The largest absolute Gasteiger partial charge is 0.277 e. The molecule has 29 heavy (non-hydrogen) atoms. The number of benzene rings is 2. The molecule has 0 atom stereocenters. The van der Waals surface area contributed by atoms with Crippen molar-refractivity contribution in [3.63, 3.8) is 0 Å². The fourth-order valence-electron chi connectivity index (χ4n) is 2.53. The number of nitro benzene ring substituents is 2. The van der Waals surface area contributed by atoms with Crippen molar-refractivity contribution in [3.8, 4) is 0 Å². The van der Waals surface area contributed by atoms with Crippen LogP contribution in [-0.4, -0.2) is 41.9 Å². The fourth-order valence-corrected chi connectivity index (χ4v) is 4.15. The van der Waals surface area contributed by atoms with Crippen LogP contribution in [0.3, 0.4) is 0 Å². The van der Waals surface area contributed by atoms with Crippen molar-refractivity contribution in [2.24, 2.45) is 5.10 Å². The van der Waals surface area contributed by atoms with E-state index in [-0.39, 0.29) is 35.0 Å². The molecule has 0 spiro atoms. The first-order chi connectivity index (χ1) is 13.7. The number of nitro groups is 2. The molecule has 0 aliphatic heterocycles. The summed E-state index contributed by atoms with van der Waals surface area (Å²) in [7, 11) is -4.00. The summed E-state index contributed by atoms with van der Waals surface area (Å²) in [6, 6.07) is 9.08. The highest BCUT2D eigenvalue weighted by atomic mass is 32.2. The van der Waals surface area contributed by atoms with Crippen LogP contribution in [0.5, 0.6) is 0 Å². The monoisotopic (exact) mass is 421 g/mol. The fraction of sp³-hybridized carbons (Fsp3) is 0.235. The maximum absolute atomic E-state index is 12.9. The minimum Gasteiger partial charge on any atom is -0.277 e. The molecule has 1 N–H and O–H groups in total. The van der Waals surface area contributed by atoms with Gasteiger partial charge in [0.05, 0.1) is 21.7 Å². The predicted octanol–water partition coefficient (Wildman–Crippen LogP) is 2.98. The Labute approximate surface area is 167 Å². The Morgan fingerprint density at radius 2 is 1.66 bits per heavy atom. The van der Waals surface area contributed by atoms with E-state index in [1.54, 1.807) is 19.9 Å². The van der Waals surface area contributed by atoms with Crippen molar-refractivity contribution >= 4 is 33.3 Å². The number of non-ortho nitro benzene ring substituents is 2. The maximum atomic E-state index is 12.9. The van der Waals surface area contributed by atoms with Crippen molar-refractivity contribution < 1.29 is 18.3 Å². The van der Waals surface area contributed by atoms with E-state index in [0.29, 0.717) is 5.56 Å². The first-order valence-electron chi connectivity index (χ1n) is 8.52. The number of rotatable bonds is 9. The SMILES string of the molecule is CCN(CC)S(=O)(=O)c1cc([N+](=O)[O-])ccc1N/N=C\c1cccc([N+](=O)[O-])c1. The second-order valence-corrected chi connectivity index (χ2v) is 7.66. The van der Waals surface area contributed by atoms with E-state index in [4.69, 9.17) is 0 Å². The van der Waals surface area contributed by atoms with Gasteiger partial charge in [-0.25, -0.2) is 8.42 Å². The van der Waals surface area contributed by atoms with Crippen LogP contribution in [0.4, 0.5) is 17.1 Å². The lowest BCUT2D eigenvalue weighted by Gasteiger charge is -2.20. The number of anilines is 1. The van der Waals surface area contributed by atoms with Crippen molar-refractivity contribution in [2.45, 2.75) is 18.7 Å². The van der Waals surface area contributed by atoms with Crippen LogP contribution in [0, 0.1) is 20.2 Å². The smallest absolute Gasteiger partial charge is 0.270 e. The standard InChI is InChI=1S/C17H19N5O6S/c1-3-20(4-2)29(27,28)17-11-15(22(25)26)8-9-16(17)19-18-12-13-6-5-7-14(10-13)21(23)24/h5-12,19H,3-4H2,1-2H3/b18-12-. The number of nitrogens with zero attached hydrogens (tertiary/aromatic N) is 4. The Balaban J connectivity index is 2.41. The Bertz CT molecular complexity index is 1050. The van der Waals surface area contributed by atoms with Gasteiger partial charge in [0.2, 0.25) is 10.0 Å². The van der Waals surface area contributed by atoms with Gasteiger partial charge in [0, 0.05) is 42.9 Å². The normalized spacial score (nSPS) is 11.7. The van der Waals surface area contributed by atoms with Crippen LogP contribution in [-0.2, 0) is 10.0 Å². The quantitative estimate of drug-likeness (QED) is 0.372. The lowest BCUT2D eigenvalue weighted by atomic mass is 10.2. The maximum Gasteiger partial charge on any atom is 0.270 e. The molecule has 0 heterocycles. The molecule has 0 fully saturated rings. The molecule has 0 aliphatic carbocycles. The summed E-state index contributed by atoms with van der Waals surface area (Å²) < 4.78 is 26.9. The molecule has 12 heteroatoms. The van der Waals surface area contributed by atoms with E-state index in [9.17, 15) is 28.6 Å². The van der Waals surface area contributed by atoms with Crippen LogP contribution in [0.25, 0.3) is 0 Å². The molecule has 2 rings (SSSR count). The molecule has 0 bridgehead atoms. The molecule has 0 radical (unpaired) electrons. The van der Waals surface area contributed by atoms with Gasteiger partial charge in [-0.2, -0.15) is 9.41 Å². The first kappa shape index (κ1) is 21.9. The van der Waals surface area contributed by atoms with E-state index in [0.717, 1.165) is 12.1 Å². The third-order valence-electron chi connectivity index (χ3n) is 3.98. The van der Waals surface area contributed by atoms with Gasteiger partial charge in [-0.3, -0.25) is 25.7 Å². The van der Waals surface area contributed by atoms with Gasteiger partial charge in [-0.1, -0.05) is 26.0 Å². The molecule has 0 saturated heterocycles. The minimum atomic E-state index is -4.00. The minimum absolute atomic E-state index is 0.0455. The Hall–Kier alpha value is -3.38. The Morgan fingerprint density at radius 3 is 2.24 bits per heavy atom. The molecular formula is C17H19N5O6S. The van der Waals surface area contributed by atoms with E-state index >= 15 is 0 Å². The van der Waals surface area contributed by atoms with Crippen molar-refractivity contribution in [1.82, 2.24) is 4.31 Å². The van der Waals surface area contributed by atoms with Crippen LogP contribution in [0.1, 0.15) is 19.4 Å². The third kappa shape index (κ3) is 5.12. The Morgan fingerprint density at radius 1 is 1.03 bits per heavy atom. The van der Waals surface area contributed by atoms with Crippen LogP contribution in [0.15, 0.2) is 52.5 Å². The van der Waals surface area contributed by atoms with Crippen LogP contribution < -0.4 is 5.43 Å². The van der Waals surface area contributed by atoms with Gasteiger partial charge in [-0.15, -0.1) is 0 Å². The molecule has 0 aliphatic rings. The first-order valence-corrected chi connectivity index (χ1v) is 9.96. The zero-order valence-corrected chi connectivity index (χ0v) is 16.5. The molecule has 2 aromatic rings. The average molecular weight is 421 g/mol. The number of hydrogen-bond acceptors (Lipinski definition) is 8. The second kappa shape index (κ2) is 9.21. The summed E-state index contributed by atoms with van der Waals surface area (Å²) in [6.45, 7) is 3.70. The zero-order valence-electron chi connectivity index (χ0n) is 15.7. The molecule has 154 valence electrons. The number of nitrogens with one attached hydrogen (secondary N) is 1. The number of hydrogen-bond donors (Lipinski definition) is 1. The predicted molar refractivity (Wildman–Crippen MR) is 108 cm³/mol. The zero-order chi connectivity index (χ0) is 21.6. The molecule has 0 aromatic heterocycles. The summed E-state index contributed by atoms with van der Waals surface area (Å²) >= 11 is 0. The van der Waals surface area contributed by atoms with E-state index < -0.39 is 19.9 Å². The van der Waals surface area contributed by atoms with Gasteiger partial charge in [0.1, 0.15) is 4.90 Å². The van der Waals surface area contributed by atoms with Crippen LogP contribution >= 0.6 is 0 Å². The average Bonchev–Trinajstić information content (AvgIpc) is 2.68. The highest BCUT2D eigenvalue weighted by Crippen LogP contribution is 2.29. The van der Waals surface area contributed by atoms with Gasteiger partial charge in [-0.05, 0) is 6.07 Å². The highest BCUT2D eigenvalue weighted by molar-refractivity contribution is 7.89. The molecule has 2 aromatic carbocycles. The summed E-state index contributed by atoms with van der Waals surface area (Å²) in [5, 5.41) is 25.8. The highest BCUT2D eigenvalue weighted by Gasteiger charge is 2.27. The number of sulfonamides is 1. The van der Waals surface area contributed by atoms with E-state index in [2.05, 4.69) is 10.5 Å². The third-order valence-corrected chi connectivity index (χ3v) is 6.07. The van der Waals surface area contributed by atoms with Crippen molar-refractivity contribution in [2.75, 3.05) is 18.5 Å². The topological polar surface area (TPSA) is 148 Å². The molecule has 0 unspecified atom stereocenters. The summed E-state index contributed by atoms with van der Waals surface area (Å²) in [6.07, 6.45) is 1.28. The van der Waals surface area contributed by atoms with E-state index in [1.807, 2.05) is 0 Å². The van der Waals surface area contributed by atoms with Crippen molar-refractivity contribution in [1.29, 1.82) is 0 Å². The summed E-state index contributed by atoms with van der Waals surface area (Å²) in [5.74, 6) is 0. The van der Waals surface area contributed by atoms with Gasteiger partial charge in [0.15, 0.2) is 0 Å². The number of hydrazone groups is 1. The van der Waals surface area contributed by atoms with Gasteiger partial charge < -0.3 is 0 Å². The molecule has 11 nitrogen and oxygen atoms in total. The van der Waals surface area contributed by atoms with Crippen molar-refractivity contribution in [3.05, 3.63) is 68.3 Å². The summed E-state index contributed by atoms with van der Waals surface area (Å²) in [5.41, 5.74) is 2.53. The molecular weight excluding hydrogens is 402 g/mol. The molecule has 0 saturated carbocycles. The molecule has 0 amide bonds. The van der Waals surface area contributed by atoms with Gasteiger partial charge >= 0.3 is 0 Å². The Kier molecular flexibility index (Phi) is 6.96. The summed E-state index contributed by atoms with van der Waals surface area (Å²) in [4.78, 5) is 20.4.